The molecule has 0 unspecified atom stereocenters. The standard InChI is InChI=1S/C14H21ClN2O2S/c1-14(2)6-3-7-17(10-14)20(18,19)13-5-4-11(9-16)8-12(13)15/h4-5,8H,3,6-7,9-10,16H2,1-2H3. The van der Waals surface area contributed by atoms with Gasteiger partial charge >= 0.3 is 0 Å². The molecular weight excluding hydrogens is 296 g/mol. The number of hydrogen-bond acceptors (Lipinski definition) is 3. The zero-order chi connectivity index (χ0) is 15.0. The van der Waals surface area contributed by atoms with Gasteiger partial charge in [0.15, 0.2) is 0 Å². The largest absolute Gasteiger partial charge is 0.326 e. The van der Waals surface area contributed by atoms with Gasteiger partial charge < -0.3 is 5.73 Å². The molecule has 6 heteroatoms. The van der Waals surface area contributed by atoms with Gasteiger partial charge in [-0.05, 0) is 36.0 Å². The minimum atomic E-state index is -3.53. The van der Waals surface area contributed by atoms with E-state index in [2.05, 4.69) is 13.8 Å². The summed E-state index contributed by atoms with van der Waals surface area (Å²) in [7, 11) is -3.53. The molecule has 0 saturated carbocycles. The lowest BCUT2D eigenvalue weighted by Crippen LogP contribution is -2.43. The summed E-state index contributed by atoms with van der Waals surface area (Å²) in [5.41, 5.74) is 6.37. The molecule has 0 atom stereocenters. The van der Waals surface area contributed by atoms with Crippen LogP contribution in [0.2, 0.25) is 5.02 Å². The normalized spacial score (nSPS) is 20.0. The first-order valence-electron chi connectivity index (χ1n) is 6.75. The number of rotatable bonds is 3. The van der Waals surface area contributed by atoms with Gasteiger partial charge in [0.1, 0.15) is 4.90 Å². The molecule has 1 aliphatic heterocycles. The topological polar surface area (TPSA) is 63.4 Å². The summed E-state index contributed by atoms with van der Waals surface area (Å²) in [6.07, 6.45) is 1.92. The Bertz CT molecular complexity index is 599. The fourth-order valence-electron chi connectivity index (χ4n) is 2.59. The number of piperidine rings is 1. The molecule has 1 aliphatic rings. The molecule has 0 aromatic heterocycles. The lowest BCUT2D eigenvalue weighted by Gasteiger charge is -2.37. The van der Waals surface area contributed by atoms with Gasteiger partial charge in [0.05, 0.1) is 5.02 Å². The predicted octanol–water partition coefficient (Wildman–Crippen LogP) is 2.61. The zero-order valence-electron chi connectivity index (χ0n) is 11.9. The van der Waals surface area contributed by atoms with Crippen LogP contribution >= 0.6 is 11.6 Å². The van der Waals surface area contributed by atoms with Crippen LogP contribution in [-0.4, -0.2) is 25.8 Å². The van der Waals surface area contributed by atoms with Crippen LogP contribution in [0.5, 0.6) is 0 Å². The second-order valence-electron chi connectivity index (χ2n) is 6.08. The summed E-state index contributed by atoms with van der Waals surface area (Å²) in [4.78, 5) is 0.175. The van der Waals surface area contributed by atoms with Crippen molar-refractivity contribution in [2.24, 2.45) is 11.1 Å². The average Bonchev–Trinajstić information content (AvgIpc) is 2.37. The highest BCUT2D eigenvalue weighted by atomic mass is 35.5. The maximum absolute atomic E-state index is 12.7. The van der Waals surface area contributed by atoms with Crippen molar-refractivity contribution in [1.29, 1.82) is 0 Å². The molecule has 1 fully saturated rings. The van der Waals surface area contributed by atoms with E-state index in [9.17, 15) is 8.42 Å². The van der Waals surface area contributed by atoms with Crippen LogP contribution in [0.3, 0.4) is 0 Å². The minimum absolute atomic E-state index is 0.00892. The fraction of sp³-hybridized carbons (Fsp3) is 0.571. The zero-order valence-corrected chi connectivity index (χ0v) is 13.5. The van der Waals surface area contributed by atoms with E-state index < -0.39 is 10.0 Å². The van der Waals surface area contributed by atoms with Crippen molar-refractivity contribution in [3.05, 3.63) is 28.8 Å². The highest BCUT2D eigenvalue weighted by Gasteiger charge is 2.34. The Labute approximate surface area is 126 Å². The quantitative estimate of drug-likeness (QED) is 0.932. The van der Waals surface area contributed by atoms with E-state index in [0.717, 1.165) is 18.4 Å². The lowest BCUT2D eigenvalue weighted by molar-refractivity contribution is 0.187. The SMILES string of the molecule is CC1(C)CCCN(S(=O)(=O)c2ccc(CN)cc2Cl)C1. The maximum Gasteiger partial charge on any atom is 0.244 e. The molecular formula is C14H21ClN2O2S. The van der Waals surface area contributed by atoms with Crippen LogP contribution in [-0.2, 0) is 16.6 Å². The second kappa shape index (κ2) is 5.64. The van der Waals surface area contributed by atoms with E-state index in [1.54, 1.807) is 22.5 Å². The first-order valence-corrected chi connectivity index (χ1v) is 8.57. The van der Waals surface area contributed by atoms with Crippen molar-refractivity contribution in [2.45, 2.75) is 38.1 Å². The van der Waals surface area contributed by atoms with Crippen molar-refractivity contribution in [1.82, 2.24) is 4.31 Å². The molecule has 4 nitrogen and oxygen atoms in total. The Balaban J connectivity index is 2.35. The van der Waals surface area contributed by atoms with E-state index in [1.807, 2.05) is 0 Å². The fourth-order valence-corrected chi connectivity index (χ4v) is 4.80. The monoisotopic (exact) mass is 316 g/mol. The van der Waals surface area contributed by atoms with Gasteiger partial charge in [0.2, 0.25) is 10.0 Å². The molecule has 1 aromatic carbocycles. The van der Waals surface area contributed by atoms with Crippen molar-refractivity contribution < 1.29 is 8.42 Å². The molecule has 112 valence electrons. The van der Waals surface area contributed by atoms with E-state index in [4.69, 9.17) is 17.3 Å². The van der Waals surface area contributed by atoms with Crippen molar-refractivity contribution >= 4 is 21.6 Å². The Morgan fingerprint density at radius 3 is 2.65 bits per heavy atom. The molecule has 20 heavy (non-hydrogen) atoms. The summed E-state index contributed by atoms with van der Waals surface area (Å²) in [6, 6.07) is 4.90. The molecule has 0 amide bonds. The molecule has 1 aromatic rings. The van der Waals surface area contributed by atoms with E-state index in [0.29, 0.717) is 19.6 Å². The molecule has 2 N–H and O–H groups in total. The molecule has 0 bridgehead atoms. The third-order valence-electron chi connectivity index (χ3n) is 3.72. The molecule has 2 rings (SSSR count). The van der Waals surface area contributed by atoms with Crippen LogP contribution in [0.15, 0.2) is 23.1 Å². The van der Waals surface area contributed by atoms with Crippen LogP contribution in [0.4, 0.5) is 0 Å². The summed E-state index contributed by atoms with van der Waals surface area (Å²) in [5, 5.41) is 0.247. The van der Waals surface area contributed by atoms with E-state index >= 15 is 0 Å². The molecule has 0 spiro atoms. The highest BCUT2D eigenvalue weighted by molar-refractivity contribution is 7.89. The summed E-state index contributed by atoms with van der Waals surface area (Å²) >= 11 is 6.12. The smallest absolute Gasteiger partial charge is 0.244 e. The summed E-state index contributed by atoms with van der Waals surface area (Å²) in [6.45, 7) is 5.61. The molecule has 0 radical (unpaired) electrons. The van der Waals surface area contributed by atoms with Crippen molar-refractivity contribution in [3.8, 4) is 0 Å². The number of nitrogens with zero attached hydrogens (tertiary/aromatic N) is 1. The van der Waals surface area contributed by atoms with Gasteiger partial charge in [-0.2, -0.15) is 4.31 Å². The van der Waals surface area contributed by atoms with E-state index in [1.165, 1.54) is 0 Å². The minimum Gasteiger partial charge on any atom is -0.326 e. The average molecular weight is 317 g/mol. The summed E-state index contributed by atoms with van der Waals surface area (Å²) < 4.78 is 27.0. The number of sulfonamides is 1. The van der Waals surface area contributed by atoms with Crippen LogP contribution in [0.25, 0.3) is 0 Å². The molecule has 0 aliphatic carbocycles. The Morgan fingerprint density at radius 2 is 2.10 bits per heavy atom. The van der Waals surface area contributed by atoms with Crippen molar-refractivity contribution in [2.75, 3.05) is 13.1 Å². The van der Waals surface area contributed by atoms with Gasteiger partial charge in [-0.1, -0.05) is 31.5 Å². The van der Waals surface area contributed by atoms with Crippen LogP contribution in [0, 0.1) is 5.41 Å². The Hall–Kier alpha value is -0.620. The van der Waals surface area contributed by atoms with Gasteiger partial charge in [0, 0.05) is 19.6 Å². The highest BCUT2D eigenvalue weighted by Crippen LogP contribution is 2.33. The van der Waals surface area contributed by atoms with Crippen LogP contribution in [0.1, 0.15) is 32.3 Å². The van der Waals surface area contributed by atoms with E-state index in [-0.39, 0.29) is 15.3 Å². The predicted molar refractivity (Wildman–Crippen MR) is 81.1 cm³/mol. The number of hydrogen-bond donors (Lipinski definition) is 1. The second-order valence-corrected chi connectivity index (χ2v) is 8.39. The number of benzene rings is 1. The first kappa shape index (κ1) is 15.8. The third-order valence-corrected chi connectivity index (χ3v) is 6.04. The Morgan fingerprint density at radius 1 is 1.40 bits per heavy atom. The third kappa shape index (κ3) is 3.17. The maximum atomic E-state index is 12.7. The number of halogens is 1. The molecule has 1 saturated heterocycles. The van der Waals surface area contributed by atoms with Gasteiger partial charge in [-0.15, -0.1) is 0 Å². The first-order chi connectivity index (χ1) is 9.26. The van der Waals surface area contributed by atoms with Crippen LogP contribution < -0.4 is 5.73 Å². The lowest BCUT2D eigenvalue weighted by atomic mass is 9.85. The van der Waals surface area contributed by atoms with Gasteiger partial charge in [-0.3, -0.25) is 0 Å². The molecule has 1 heterocycles. The van der Waals surface area contributed by atoms with Gasteiger partial charge in [-0.25, -0.2) is 8.42 Å². The van der Waals surface area contributed by atoms with Crippen molar-refractivity contribution in [3.63, 3.8) is 0 Å². The van der Waals surface area contributed by atoms with Gasteiger partial charge in [0.25, 0.3) is 0 Å². The number of nitrogens with two attached hydrogens (primary N) is 1. The summed E-state index contributed by atoms with van der Waals surface area (Å²) in [5.74, 6) is 0. The Kier molecular flexibility index (Phi) is 4.44.